The highest BCUT2D eigenvalue weighted by molar-refractivity contribution is 5.67. The number of rotatable bonds is 3. The van der Waals surface area contributed by atoms with E-state index in [1.54, 1.807) is 0 Å². The van der Waals surface area contributed by atoms with Gasteiger partial charge in [0.1, 0.15) is 0 Å². The summed E-state index contributed by atoms with van der Waals surface area (Å²) in [4.78, 5) is 13.7. The van der Waals surface area contributed by atoms with Gasteiger partial charge in [-0.1, -0.05) is 0 Å². The standard InChI is InChI=1S/C16H27NO3/c1-10-5-15(6-11(2)20-10)17-13-3-4-14(17)8-12(7-13)9-16(18)19/h10-15H,3-9H2,1-2H3,(H,18,19). The minimum atomic E-state index is -0.629. The maximum absolute atomic E-state index is 10.9. The van der Waals surface area contributed by atoms with Crippen molar-refractivity contribution in [2.24, 2.45) is 5.92 Å². The molecular formula is C16H27NO3. The molecule has 114 valence electrons. The van der Waals surface area contributed by atoms with Gasteiger partial charge in [-0.3, -0.25) is 9.69 Å². The van der Waals surface area contributed by atoms with Gasteiger partial charge in [-0.15, -0.1) is 0 Å². The van der Waals surface area contributed by atoms with Crippen molar-refractivity contribution in [1.82, 2.24) is 4.90 Å². The molecule has 0 radical (unpaired) electrons. The van der Waals surface area contributed by atoms with E-state index in [0.717, 1.165) is 25.7 Å². The molecule has 4 nitrogen and oxygen atoms in total. The predicted molar refractivity (Wildman–Crippen MR) is 76.7 cm³/mol. The van der Waals surface area contributed by atoms with Crippen molar-refractivity contribution < 1.29 is 14.6 Å². The number of hydrogen-bond donors (Lipinski definition) is 1. The molecular weight excluding hydrogens is 254 g/mol. The summed E-state index contributed by atoms with van der Waals surface area (Å²) in [6, 6.07) is 1.90. The number of carboxylic acid groups (broad SMARTS) is 1. The molecule has 3 saturated heterocycles. The van der Waals surface area contributed by atoms with Crippen molar-refractivity contribution in [2.75, 3.05) is 0 Å². The van der Waals surface area contributed by atoms with E-state index in [2.05, 4.69) is 18.7 Å². The Balaban J connectivity index is 1.66. The molecule has 0 aliphatic carbocycles. The van der Waals surface area contributed by atoms with Gasteiger partial charge in [0.05, 0.1) is 12.2 Å². The number of piperidine rings is 1. The van der Waals surface area contributed by atoms with Crippen LogP contribution in [-0.4, -0.2) is 46.3 Å². The molecule has 3 heterocycles. The quantitative estimate of drug-likeness (QED) is 0.864. The van der Waals surface area contributed by atoms with Crippen LogP contribution in [0.5, 0.6) is 0 Å². The minimum absolute atomic E-state index is 0.361. The summed E-state index contributed by atoms with van der Waals surface area (Å²) in [7, 11) is 0. The van der Waals surface area contributed by atoms with E-state index >= 15 is 0 Å². The van der Waals surface area contributed by atoms with E-state index in [0.29, 0.717) is 42.7 Å². The van der Waals surface area contributed by atoms with Gasteiger partial charge in [0.25, 0.3) is 0 Å². The Morgan fingerprint density at radius 2 is 1.60 bits per heavy atom. The van der Waals surface area contributed by atoms with Gasteiger partial charge in [-0.05, 0) is 58.3 Å². The molecule has 3 aliphatic heterocycles. The first-order valence-electron chi connectivity index (χ1n) is 8.17. The topological polar surface area (TPSA) is 49.8 Å². The van der Waals surface area contributed by atoms with Crippen LogP contribution in [0.25, 0.3) is 0 Å². The van der Waals surface area contributed by atoms with Crippen molar-refractivity contribution in [3.63, 3.8) is 0 Å². The lowest BCUT2D eigenvalue weighted by atomic mass is 9.85. The van der Waals surface area contributed by atoms with E-state index in [-0.39, 0.29) is 0 Å². The third kappa shape index (κ3) is 2.86. The Labute approximate surface area is 121 Å². The highest BCUT2D eigenvalue weighted by Gasteiger charge is 2.45. The molecule has 4 atom stereocenters. The Bertz CT molecular complexity index is 349. The molecule has 1 N–H and O–H groups in total. The third-order valence-electron chi connectivity index (χ3n) is 5.44. The molecule has 3 rings (SSSR count). The van der Waals surface area contributed by atoms with Crippen LogP contribution in [0, 0.1) is 5.92 Å². The second-order valence-electron chi connectivity index (χ2n) is 7.15. The summed E-state index contributed by atoms with van der Waals surface area (Å²) in [5, 5.41) is 9.01. The maximum atomic E-state index is 10.9. The number of carbonyl (C=O) groups is 1. The van der Waals surface area contributed by atoms with Crippen LogP contribution in [0.15, 0.2) is 0 Å². The van der Waals surface area contributed by atoms with Crippen LogP contribution in [-0.2, 0) is 9.53 Å². The number of hydrogen-bond acceptors (Lipinski definition) is 3. The number of ether oxygens (including phenoxy) is 1. The van der Waals surface area contributed by atoms with E-state index in [9.17, 15) is 4.79 Å². The Kier molecular flexibility index (Phi) is 4.04. The number of fused-ring (bicyclic) bond motifs is 2. The first-order valence-corrected chi connectivity index (χ1v) is 8.17. The first-order chi connectivity index (χ1) is 9.52. The lowest BCUT2D eigenvalue weighted by molar-refractivity contribution is -0.139. The van der Waals surface area contributed by atoms with Crippen molar-refractivity contribution in [1.29, 1.82) is 0 Å². The van der Waals surface area contributed by atoms with Gasteiger partial charge in [-0.25, -0.2) is 0 Å². The number of carboxylic acids is 1. The molecule has 20 heavy (non-hydrogen) atoms. The molecule has 3 aliphatic rings. The zero-order chi connectivity index (χ0) is 14.3. The molecule has 0 amide bonds. The van der Waals surface area contributed by atoms with Gasteiger partial charge in [0.2, 0.25) is 0 Å². The zero-order valence-corrected chi connectivity index (χ0v) is 12.6. The van der Waals surface area contributed by atoms with E-state index in [4.69, 9.17) is 9.84 Å². The van der Waals surface area contributed by atoms with Crippen molar-refractivity contribution >= 4 is 5.97 Å². The second-order valence-corrected chi connectivity index (χ2v) is 7.15. The van der Waals surface area contributed by atoms with E-state index < -0.39 is 5.97 Å². The molecule has 3 fully saturated rings. The molecule has 0 aromatic carbocycles. The highest BCUT2D eigenvalue weighted by Crippen LogP contribution is 2.43. The minimum Gasteiger partial charge on any atom is -0.481 e. The summed E-state index contributed by atoms with van der Waals surface area (Å²) < 4.78 is 5.87. The van der Waals surface area contributed by atoms with Crippen molar-refractivity contribution in [2.45, 2.75) is 89.1 Å². The Hall–Kier alpha value is -0.610. The number of aliphatic carboxylic acids is 1. The van der Waals surface area contributed by atoms with Crippen LogP contribution in [0.3, 0.4) is 0 Å². The monoisotopic (exact) mass is 281 g/mol. The normalized spacial score (nSPS) is 45.5. The Morgan fingerprint density at radius 1 is 1.05 bits per heavy atom. The summed E-state index contributed by atoms with van der Waals surface area (Å²) in [6.45, 7) is 4.36. The SMILES string of the molecule is CC1CC(N2C3CCC2CC(CC(=O)O)C3)CC(C)O1. The van der Waals surface area contributed by atoms with Crippen molar-refractivity contribution in [3.8, 4) is 0 Å². The molecule has 2 bridgehead atoms. The molecule has 0 saturated carbocycles. The van der Waals surface area contributed by atoms with E-state index in [1.807, 2.05) is 0 Å². The van der Waals surface area contributed by atoms with Crippen LogP contribution in [0.2, 0.25) is 0 Å². The predicted octanol–water partition coefficient (Wildman–Crippen LogP) is 2.66. The molecule has 0 aromatic rings. The molecule has 0 spiro atoms. The lowest BCUT2D eigenvalue weighted by Crippen LogP contribution is -2.52. The largest absolute Gasteiger partial charge is 0.481 e. The van der Waals surface area contributed by atoms with Gasteiger partial charge in [-0.2, -0.15) is 0 Å². The van der Waals surface area contributed by atoms with Crippen LogP contribution >= 0.6 is 0 Å². The summed E-state index contributed by atoms with van der Waals surface area (Å²) >= 11 is 0. The summed E-state index contributed by atoms with van der Waals surface area (Å²) in [5.41, 5.74) is 0. The summed E-state index contributed by atoms with van der Waals surface area (Å²) in [5.74, 6) is -0.230. The van der Waals surface area contributed by atoms with Gasteiger partial charge in [0, 0.05) is 24.5 Å². The smallest absolute Gasteiger partial charge is 0.303 e. The van der Waals surface area contributed by atoms with E-state index in [1.165, 1.54) is 12.8 Å². The lowest BCUT2D eigenvalue weighted by Gasteiger charge is -2.47. The fourth-order valence-corrected chi connectivity index (χ4v) is 4.95. The summed E-state index contributed by atoms with van der Waals surface area (Å²) in [6.07, 6.45) is 8.07. The van der Waals surface area contributed by atoms with Gasteiger partial charge in [0.15, 0.2) is 0 Å². The third-order valence-corrected chi connectivity index (χ3v) is 5.44. The molecule has 4 unspecified atom stereocenters. The van der Waals surface area contributed by atoms with Gasteiger partial charge >= 0.3 is 5.97 Å². The average molecular weight is 281 g/mol. The average Bonchev–Trinajstić information content (AvgIpc) is 2.59. The van der Waals surface area contributed by atoms with Crippen LogP contribution < -0.4 is 0 Å². The number of nitrogens with zero attached hydrogens (tertiary/aromatic N) is 1. The molecule has 0 aromatic heterocycles. The second kappa shape index (κ2) is 5.64. The Morgan fingerprint density at radius 3 is 2.10 bits per heavy atom. The van der Waals surface area contributed by atoms with Crippen molar-refractivity contribution in [3.05, 3.63) is 0 Å². The fraction of sp³-hybridized carbons (Fsp3) is 0.938. The molecule has 4 heteroatoms. The fourth-order valence-electron chi connectivity index (χ4n) is 4.95. The van der Waals surface area contributed by atoms with Gasteiger partial charge < -0.3 is 9.84 Å². The maximum Gasteiger partial charge on any atom is 0.303 e. The van der Waals surface area contributed by atoms with Crippen LogP contribution in [0.4, 0.5) is 0 Å². The first kappa shape index (κ1) is 14.3. The zero-order valence-electron chi connectivity index (χ0n) is 12.6. The van der Waals surface area contributed by atoms with Crippen LogP contribution in [0.1, 0.15) is 58.8 Å². The highest BCUT2D eigenvalue weighted by atomic mass is 16.5.